The molecule has 2 saturated heterocycles. The molecular formula is C55H76Br2N12O7. The van der Waals surface area contributed by atoms with E-state index in [0.29, 0.717) is 45.7 Å². The highest BCUT2D eigenvalue weighted by atomic mass is 79.9. The number of carbonyl (C=O) groups is 4. The number of nitrogens with one attached hydrogen (secondary N) is 5. The Hall–Kier alpha value is -6.00. The van der Waals surface area contributed by atoms with Crippen LogP contribution in [-0.2, 0) is 80.8 Å². The Morgan fingerprint density at radius 1 is 0.645 bits per heavy atom. The number of ether oxygens (including phenoxy) is 2. The third-order valence-corrected chi connectivity index (χ3v) is 14.8. The van der Waals surface area contributed by atoms with Crippen LogP contribution in [-0.4, -0.2) is 96.8 Å². The molecule has 3 amide bonds. The molecular weight excluding hydrogens is 1100 g/mol. The number of benzene rings is 2. The number of aliphatic carboxylic acids is 1. The summed E-state index contributed by atoms with van der Waals surface area (Å²) in [6.07, 6.45) is 7.89. The second-order valence-electron chi connectivity index (χ2n) is 18.4. The highest BCUT2D eigenvalue weighted by Crippen LogP contribution is 2.33. The fourth-order valence-electron chi connectivity index (χ4n) is 8.76. The van der Waals surface area contributed by atoms with Crippen molar-refractivity contribution in [2.45, 2.75) is 152 Å². The van der Waals surface area contributed by atoms with Gasteiger partial charge in [-0.05, 0) is 101 Å². The monoisotopic (exact) mass is 1170 g/mol. The number of rotatable bonds is 19. The molecule has 0 bridgehead atoms. The van der Waals surface area contributed by atoms with Crippen LogP contribution in [0.2, 0.25) is 0 Å². The molecule has 76 heavy (non-hydrogen) atoms. The lowest BCUT2D eigenvalue weighted by Crippen LogP contribution is -2.32. The SMILES string of the molecule is C.CCc1nc2c(cnn2CC)c(NC2CCOCC2)c1CNC(=O)CC(=O)NCc1ccc(C)c(Br)c1.CCc1nc2c(cnn2CC)c(NC2CCOCC2)c1CNC(=O)CC(=O)O.Cc1ccc(CN)cc1Br. The number of fused-ring (bicyclic) bond motifs is 2. The van der Waals surface area contributed by atoms with Gasteiger partial charge in [-0.2, -0.15) is 10.2 Å². The third-order valence-electron chi connectivity index (χ3n) is 13.1. The zero-order valence-corrected chi connectivity index (χ0v) is 47.1. The average molecular weight is 1180 g/mol. The van der Waals surface area contributed by atoms with E-state index in [9.17, 15) is 19.2 Å². The molecule has 0 saturated carbocycles. The van der Waals surface area contributed by atoms with Gasteiger partial charge >= 0.3 is 5.97 Å². The molecule has 2 fully saturated rings. The van der Waals surface area contributed by atoms with Crippen LogP contribution < -0.4 is 32.3 Å². The number of carboxylic acids is 1. The van der Waals surface area contributed by atoms with Crippen LogP contribution >= 0.6 is 31.9 Å². The Bertz CT molecular complexity index is 2910. The van der Waals surface area contributed by atoms with E-state index in [1.165, 1.54) is 5.56 Å². The number of halogens is 2. The molecule has 0 unspecified atom stereocenters. The van der Waals surface area contributed by atoms with Gasteiger partial charge in [0.25, 0.3) is 0 Å². The Morgan fingerprint density at radius 3 is 1.45 bits per heavy atom. The van der Waals surface area contributed by atoms with Crippen molar-refractivity contribution in [2.75, 3.05) is 37.1 Å². The minimum Gasteiger partial charge on any atom is -0.481 e. The summed E-state index contributed by atoms with van der Waals surface area (Å²) in [6.45, 7) is 18.0. The smallest absolute Gasteiger partial charge is 0.312 e. The first-order valence-corrected chi connectivity index (χ1v) is 27.4. The zero-order valence-electron chi connectivity index (χ0n) is 43.9. The minimum atomic E-state index is -1.15. The summed E-state index contributed by atoms with van der Waals surface area (Å²) in [4.78, 5) is 57.5. The number of aromatic nitrogens is 6. The van der Waals surface area contributed by atoms with Gasteiger partial charge in [-0.25, -0.2) is 19.3 Å². The first-order chi connectivity index (χ1) is 36.2. The summed E-state index contributed by atoms with van der Waals surface area (Å²) in [7, 11) is 0. The Morgan fingerprint density at radius 2 is 1.05 bits per heavy atom. The molecule has 412 valence electrons. The van der Waals surface area contributed by atoms with Crippen molar-refractivity contribution < 1.29 is 33.8 Å². The van der Waals surface area contributed by atoms with Crippen LogP contribution in [0.25, 0.3) is 22.1 Å². The number of hydrogen-bond acceptors (Lipinski definition) is 13. The number of pyridine rings is 2. The molecule has 0 aliphatic carbocycles. The molecule has 19 nitrogen and oxygen atoms in total. The van der Waals surface area contributed by atoms with Gasteiger partial charge in [0.1, 0.15) is 12.8 Å². The van der Waals surface area contributed by atoms with Crippen molar-refractivity contribution in [2.24, 2.45) is 5.73 Å². The molecule has 0 radical (unpaired) electrons. The topological polar surface area (TPSA) is 255 Å². The van der Waals surface area contributed by atoms with Crippen molar-refractivity contribution in [3.8, 4) is 0 Å². The zero-order chi connectivity index (χ0) is 54.0. The molecule has 0 atom stereocenters. The molecule has 6 aromatic rings. The number of nitrogens with two attached hydrogens (primary N) is 1. The average Bonchev–Trinajstić information content (AvgIpc) is 4.05. The van der Waals surface area contributed by atoms with Crippen molar-refractivity contribution in [1.29, 1.82) is 0 Å². The van der Waals surface area contributed by atoms with Gasteiger partial charge in [-0.1, -0.05) is 77.4 Å². The molecule has 2 aromatic carbocycles. The number of anilines is 2. The number of aryl methyl sites for hydroxylation is 6. The van der Waals surface area contributed by atoms with E-state index in [1.54, 1.807) is 6.20 Å². The van der Waals surface area contributed by atoms with Gasteiger partial charge in [0.2, 0.25) is 17.7 Å². The van der Waals surface area contributed by atoms with Gasteiger partial charge in [-0.3, -0.25) is 19.2 Å². The van der Waals surface area contributed by atoms with E-state index in [2.05, 4.69) is 94.6 Å². The van der Waals surface area contributed by atoms with Crippen LogP contribution in [0.1, 0.15) is 118 Å². The quantitative estimate of drug-likeness (QED) is 0.0375. The highest BCUT2D eigenvalue weighted by Gasteiger charge is 2.24. The van der Waals surface area contributed by atoms with Crippen molar-refractivity contribution >= 4 is 89.0 Å². The summed E-state index contributed by atoms with van der Waals surface area (Å²) in [5.41, 5.74) is 17.1. The second kappa shape index (κ2) is 30.1. The van der Waals surface area contributed by atoms with Gasteiger partial charge in [0.15, 0.2) is 11.3 Å². The number of nitrogens with zero attached hydrogens (tertiary/aromatic N) is 6. The molecule has 8 rings (SSSR count). The predicted molar refractivity (Wildman–Crippen MR) is 305 cm³/mol. The van der Waals surface area contributed by atoms with Crippen LogP contribution in [0.15, 0.2) is 57.7 Å². The lowest BCUT2D eigenvalue weighted by atomic mass is 10.0. The molecule has 0 spiro atoms. The largest absolute Gasteiger partial charge is 0.481 e. The molecule has 8 N–H and O–H groups in total. The van der Waals surface area contributed by atoms with E-state index >= 15 is 0 Å². The van der Waals surface area contributed by atoms with E-state index in [4.69, 9.17) is 30.3 Å². The maximum atomic E-state index is 12.7. The first kappa shape index (κ1) is 60.9. The van der Waals surface area contributed by atoms with Gasteiger partial charge < -0.3 is 46.9 Å². The fraction of sp³-hybridized carbons (Fsp3) is 0.491. The fourth-order valence-corrected chi connectivity index (χ4v) is 9.61. The Kier molecular flexibility index (Phi) is 24.1. The van der Waals surface area contributed by atoms with Crippen molar-refractivity contribution in [3.63, 3.8) is 0 Å². The maximum Gasteiger partial charge on any atom is 0.312 e. The number of hydrogen-bond donors (Lipinski definition) is 7. The molecule has 21 heteroatoms. The van der Waals surface area contributed by atoms with Gasteiger partial charge in [0, 0.05) is 109 Å². The highest BCUT2D eigenvalue weighted by molar-refractivity contribution is 9.10. The van der Waals surface area contributed by atoms with Gasteiger partial charge in [0.05, 0.1) is 34.5 Å². The van der Waals surface area contributed by atoms with Crippen LogP contribution in [0.4, 0.5) is 11.4 Å². The predicted octanol–water partition coefficient (Wildman–Crippen LogP) is 8.55. The summed E-state index contributed by atoms with van der Waals surface area (Å²) in [6, 6.07) is 12.6. The van der Waals surface area contributed by atoms with E-state index in [0.717, 1.165) is 127 Å². The maximum absolute atomic E-state index is 12.7. The Balaban J connectivity index is 0.000000240. The summed E-state index contributed by atoms with van der Waals surface area (Å²) in [5, 5.41) is 35.5. The second-order valence-corrected chi connectivity index (χ2v) is 20.1. The normalized spacial score (nSPS) is 13.6. The first-order valence-electron chi connectivity index (χ1n) is 25.8. The molecule has 2 aliphatic rings. The van der Waals surface area contributed by atoms with Crippen molar-refractivity contribution in [3.05, 3.63) is 103 Å². The van der Waals surface area contributed by atoms with E-state index in [-0.39, 0.29) is 50.8 Å². The van der Waals surface area contributed by atoms with Gasteiger partial charge in [-0.15, -0.1) is 0 Å². The summed E-state index contributed by atoms with van der Waals surface area (Å²) >= 11 is 6.94. The number of carbonyl (C=O) groups excluding carboxylic acids is 3. The van der Waals surface area contributed by atoms with Crippen molar-refractivity contribution in [1.82, 2.24) is 45.5 Å². The standard InChI is InChI=1S/C27H35BrN6O3.C19H27N5O4.C8H10BrN.CH4/c1-4-23-20(15-30-25(36)13-24(35)29-14-18-7-6-17(3)22(28)12-18)26(32-19-8-10-37-11-9-19)21-16-31-34(5-2)27(21)33-23;1-3-15-13(10-20-16(25)9-17(26)27)18(22-12-5-7-28-8-6-12)14-11-21-24(4-2)19(14)23-15;1-6-2-3-7(5-10)4-8(6)9;/h6-7,12,16,19H,4-5,8-11,13-15H2,1-3H3,(H,29,35)(H,30,36)(H,32,33);11-12H,3-10H2,1-2H3,(H,20,25)(H,22,23)(H,26,27);2-4H,5,10H2,1H3;1H4. The lowest BCUT2D eigenvalue weighted by molar-refractivity contribution is -0.141. The molecule has 2 aliphatic heterocycles. The summed E-state index contributed by atoms with van der Waals surface area (Å²) < 4.78 is 16.9. The molecule has 4 aromatic heterocycles. The lowest BCUT2D eigenvalue weighted by Gasteiger charge is -2.26. The number of carboxylic acid groups (broad SMARTS) is 1. The number of amides is 3. The third kappa shape index (κ3) is 16.7. The minimum absolute atomic E-state index is 0. The van der Waals surface area contributed by atoms with Crippen LogP contribution in [0.3, 0.4) is 0 Å². The summed E-state index contributed by atoms with van der Waals surface area (Å²) in [5.74, 6) is -2.31. The Labute approximate surface area is 462 Å². The van der Waals surface area contributed by atoms with E-state index in [1.807, 2.05) is 67.5 Å². The molecule has 6 heterocycles. The van der Waals surface area contributed by atoms with Crippen LogP contribution in [0, 0.1) is 13.8 Å². The van der Waals surface area contributed by atoms with Crippen LogP contribution in [0.5, 0.6) is 0 Å². The van der Waals surface area contributed by atoms with E-state index < -0.39 is 18.3 Å².